The van der Waals surface area contributed by atoms with Gasteiger partial charge in [0, 0.05) is 11.1 Å². The van der Waals surface area contributed by atoms with Crippen LogP contribution in [0, 0.1) is 29.1 Å². The van der Waals surface area contributed by atoms with Gasteiger partial charge in [0.2, 0.25) is 0 Å². The van der Waals surface area contributed by atoms with Crippen molar-refractivity contribution in [3.8, 4) is 0 Å². The molecule has 7 unspecified atom stereocenters. The topological polar surface area (TPSA) is 43.7 Å². The zero-order chi connectivity index (χ0) is 20.2. The summed E-state index contributed by atoms with van der Waals surface area (Å²) in [5, 5.41) is 23.8. The molecule has 3 saturated carbocycles. The second kappa shape index (κ2) is 7.54. The van der Waals surface area contributed by atoms with Crippen LogP contribution in [0.5, 0.6) is 0 Å². The maximum absolute atomic E-state index is 11.7. The van der Waals surface area contributed by atoms with Gasteiger partial charge in [0.15, 0.2) is 0 Å². The van der Waals surface area contributed by atoms with E-state index in [0.717, 1.165) is 62.7 Å². The van der Waals surface area contributed by atoms with E-state index in [1.807, 2.05) is 5.06 Å². The van der Waals surface area contributed by atoms with Crippen molar-refractivity contribution in [2.75, 3.05) is 0 Å². The molecule has 0 aromatic carbocycles. The third-order valence-corrected chi connectivity index (χ3v) is 10.3. The van der Waals surface area contributed by atoms with Gasteiger partial charge in [-0.3, -0.25) is 0 Å². The largest absolute Gasteiger partial charge is 0.393 e. The molecule has 0 spiro atoms. The van der Waals surface area contributed by atoms with Gasteiger partial charge in [-0.2, -0.15) is 5.06 Å². The molecule has 2 N–H and O–H groups in total. The zero-order valence-corrected chi connectivity index (χ0v) is 18.9. The minimum Gasteiger partial charge on any atom is -0.393 e. The van der Waals surface area contributed by atoms with Crippen LogP contribution < -0.4 is 0 Å². The highest BCUT2D eigenvalue weighted by Gasteiger charge is 2.62. The minimum atomic E-state index is -0.0604. The standard InChI is InChI=1S/C25H45NO2/c1-5-12-25(13-6-2)16-11-22-20-8-7-18-17-19(27)9-14-23(18,3)21(20)10-15-24(22,4)26(25)28/h18-22,27-28H,5-17H2,1-4H3. The molecule has 4 rings (SSSR count). The molecule has 162 valence electrons. The summed E-state index contributed by atoms with van der Waals surface area (Å²) in [5.41, 5.74) is 0.393. The molecule has 4 aliphatic rings. The number of hydroxylamine groups is 2. The average molecular weight is 392 g/mol. The summed E-state index contributed by atoms with van der Waals surface area (Å²) in [5.74, 6) is 2.93. The second-order valence-electron chi connectivity index (χ2n) is 11.6. The predicted molar refractivity (Wildman–Crippen MR) is 114 cm³/mol. The molecule has 0 radical (unpaired) electrons. The van der Waals surface area contributed by atoms with Crippen molar-refractivity contribution < 1.29 is 10.3 Å². The fourth-order valence-electron chi connectivity index (χ4n) is 8.91. The second-order valence-corrected chi connectivity index (χ2v) is 11.6. The van der Waals surface area contributed by atoms with Crippen LogP contribution in [0.2, 0.25) is 0 Å². The molecule has 7 atom stereocenters. The van der Waals surface area contributed by atoms with Crippen molar-refractivity contribution in [2.24, 2.45) is 29.1 Å². The van der Waals surface area contributed by atoms with E-state index in [2.05, 4.69) is 27.7 Å². The van der Waals surface area contributed by atoms with Gasteiger partial charge in [-0.05, 0) is 107 Å². The Hall–Kier alpha value is -0.120. The quantitative estimate of drug-likeness (QED) is 0.602. The molecule has 0 aromatic rings. The number of piperidine rings is 1. The molecule has 3 nitrogen and oxygen atoms in total. The number of fused-ring (bicyclic) bond motifs is 5. The Labute approximate surface area is 173 Å². The number of aliphatic hydroxyl groups is 1. The van der Waals surface area contributed by atoms with Gasteiger partial charge >= 0.3 is 0 Å². The van der Waals surface area contributed by atoms with Gasteiger partial charge in [0.25, 0.3) is 0 Å². The summed E-state index contributed by atoms with van der Waals surface area (Å²) in [6, 6.07) is 0. The molecule has 28 heavy (non-hydrogen) atoms. The fourth-order valence-corrected chi connectivity index (χ4v) is 8.91. The molecule has 3 heteroatoms. The first-order valence-corrected chi connectivity index (χ1v) is 12.5. The molecular weight excluding hydrogens is 346 g/mol. The van der Waals surface area contributed by atoms with Crippen molar-refractivity contribution >= 4 is 0 Å². The Morgan fingerprint density at radius 3 is 2.21 bits per heavy atom. The van der Waals surface area contributed by atoms with E-state index in [0.29, 0.717) is 11.3 Å². The van der Waals surface area contributed by atoms with Crippen molar-refractivity contribution in [2.45, 2.75) is 128 Å². The molecule has 0 bridgehead atoms. The maximum Gasteiger partial charge on any atom is 0.0543 e. The summed E-state index contributed by atoms with van der Waals surface area (Å²) < 4.78 is 0. The van der Waals surface area contributed by atoms with Crippen molar-refractivity contribution in [1.29, 1.82) is 0 Å². The molecule has 0 aromatic heterocycles. The Morgan fingerprint density at radius 1 is 0.857 bits per heavy atom. The lowest BCUT2D eigenvalue weighted by atomic mass is 9.44. The molecule has 4 fully saturated rings. The van der Waals surface area contributed by atoms with Crippen molar-refractivity contribution in [3.63, 3.8) is 0 Å². The van der Waals surface area contributed by atoms with Crippen molar-refractivity contribution in [1.82, 2.24) is 5.06 Å². The third-order valence-electron chi connectivity index (χ3n) is 10.3. The highest BCUT2D eigenvalue weighted by atomic mass is 16.5. The van der Waals surface area contributed by atoms with Gasteiger partial charge in [-0.25, -0.2) is 0 Å². The minimum absolute atomic E-state index is 0.0115. The van der Waals surface area contributed by atoms with E-state index in [-0.39, 0.29) is 17.2 Å². The Morgan fingerprint density at radius 2 is 1.54 bits per heavy atom. The normalized spacial score (nSPS) is 48.4. The highest BCUT2D eigenvalue weighted by molar-refractivity contribution is 5.12. The zero-order valence-electron chi connectivity index (χ0n) is 18.9. The van der Waals surface area contributed by atoms with Crippen LogP contribution >= 0.6 is 0 Å². The molecule has 1 saturated heterocycles. The monoisotopic (exact) mass is 391 g/mol. The summed E-state index contributed by atoms with van der Waals surface area (Å²) in [7, 11) is 0. The van der Waals surface area contributed by atoms with Crippen LogP contribution in [0.4, 0.5) is 0 Å². The Bertz CT molecular complexity index is 559. The Kier molecular flexibility index (Phi) is 5.69. The maximum atomic E-state index is 11.7. The van der Waals surface area contributed by atoms with Crippen LogP contribution in [0.15, 0.2) is 0 Å². The summed E-state index contributed by atoms with van der Waals surface area (Å²) in [4.78, 5) is 0. The van der Waals surface area contributed by atoms with Crippen LogP contribution in [-0.4, -0.2) is 32.6 Å². The first-order valence-electron chi connectivity index (χ1n) is 12.5. The van der Waals surface area contributed by atoms with Crippen LogP contribution in [0.3, 0.4) is 0 Å². The van der Waals surface area contributed by atoms with E-state index < -0.39 is 0 Å². The number of aliphatic hydroxyl groups excluding tert-OH is 1. The number of nitrogens with zero attached hydrogens (tertiary/aromatic N) is 1. The third kappa shape index (κ3) is 3.02. The van der Waals surface area contributed by atoms with E-state index in [4.69, 9.17) is 0 Å². The first-order chi connectivity index (χ1) is 13.3. The fraction of sp³-hybridized carbons (Fsp3) is 1.00. The van der Waals surface area contributed by atoms with Crippen molar-refractivity contribution in [3.05, 3.63) is 0 Å². The SMILES string of the molecule is CCCC1(CCC)CCC2C3CCC4CC(O)CCC4(C)C3CCC2(C)N1O. The number of rotatable bonds is 4. The van der Waals surface area contributed by atoms with E-state index >= 15 is 0 Å². The van der Waals surface area contributed by atoms with Gasteiger partial charge in [0.05, 0.1) is 6.10 Å². The summed E-state index contributed by atoms with van der Waals surface area (Å²) >= 11 is 0. The predicted octanol–water partition coefficient (Wildman–Crippen LogP) is 6.17. The molecule has 1 heterocycles. The van der Waals surface area contributed by atoms with Gasteiger partial charge in [0.1, 0.15) is 0 Å². The summed E-state index contributed by atoms with van der Waals surface area (Å²) in [6.07, 6.45) is 15.3. The lowest BCUT2D eigenvalue weighted by Crippen LogP contribution is -2.69. The Balaban J connectivity index is 1.60. The van der Waals surface area contributed by atoms with Crippen LogP contribution in [-0.2, 0) is 0 Å². The molecular formula is C25H45NO2. The summed E-state index contributed by atoms with van der Waals surface area (Å²) in [6.45, 7) is 9.50. The van der Waals surface area contributed by atoms with Gasteiger partial charge < -0.3 is 10.3 Å². The first kappa shape index (κ1) is 21.1. The molecule has 1 aliphatic heterocycles. The van der Waals surface area contributed by atoms with E-state index in [9.17, 15) is 10.3 Å². The number of hydrogen-bond donors (Lipinski definition) is 2. The molecule has 3 aliphatic carbocycles. The average Bonchev–Trinajstić information content (AvgIpc) is 2.66. The lowest BCUT2D eigenvalue weighted by Gasteiger charge is -2.66. The van der Waals surface area contributed by atoms with Gasteiger partial charge in [-0.1, -0.05) is 33.6 Å². The molecule has 0 amide bonds. The van der Waals surface area contributed by atoms with Gasteiger partial charge in [-0.15, -0.1) is 0 Å². The smallest absolute Gasteiger partial charge is 0.0543 e. The van der Waals surface area contributed by atoms with Crippen LogP contribution in [0.25, 0.3) is 0 Å². The number of hydrogen-bond acceptors (Lipinski definition) is 3. The van der Waals surface area contributed by atoms with E-state index in [1.54, 1.807) is 0 Å². The highest BCUT2D eigenvalue weighted by Crippen LogP contribution is 2.64. The lowest BCUT2D eigenvalue weighted by molar-refractivity contribution is -0.302. The van der Waals surface area contributed by atoms with E-state index in [1.165, 1.54) is 38.5 Å². The van der Waals surface area contributed by atoms with Crippen LogP contribution in [0.1, 0.15) is 111 Å².